The molecule has 15 heavy (non-hydrogen) atoms. The van der Waals surface area contributed by atoms with Gasteiger partial charge >= 0.3 is 6.18 Å². The van der Waals surface area contributed by atoms with E-state index in [1.165, 1.54) is 0 Å². The van der Waals surface area contributed by atoms with Crippen molar-refractivity contribution in [3.8, 4) is 0 Å². The van der Waals surface area contributed by atoms with E-state index in [0.29, 0.717) is 12.2 Å². The van der Waals surface area contributed by atoms with Gasteiger partial charge in [-0.25, -0.2) is 0 Å². The van der Waals surface area contributed by atoms with Crippen LogP contribution in [0.3, 0.4) is 0 Å². The maximum atomic E-state index is 11.6. The highest BCUT2D eigenvalue weighted by molar-refractivity contribution is 7.85. The summed E-state index contributed by atoms with van der Waals surface area (Å²) in [6.45, 7) is 0.425. The van der Waals surface area contributed by atoms with Gasteiger partial charge in [0.05, 0.1) is 6.61 Å². The van der Waals surface area contributed by atoms with E-state index in [9.17, 15) is 17.4 Å². The van der Waals surface area contributed by atoms with Crippen molar-refractivity contribution in [1.82, 2.24) is 0 Å². The average molecular weight is 247 g/mol. The van der Waals surface area contributed by atoms with Crippen molar-refractivity contribution in [3.05, 3.63) is 0 Å². The molecule has 0 spiro atoms. The second-order valence-corrected chi connectivity index (χ2v) is 4.77. The molecule has 0 aromatic heterocycles. The van der Waals surface area contributed by atoms with Crippen LogP contribution in [0.2, 0.25) is 0 Å². The molecule has 2 N–H and O–H groups in total. The first-order chi connectivity index (χ1) is 6.85. The van der Waals surface area contributed by atoms with E-state index in [0.717, 1.165) is 0 Å². The van der Waals surface area contributed by atoms with Gasteiger partial charge < -0.3 is 10.5 Å². The lowest BCUT2D eigenvalue weighted by Crippen LogP contribution is -2.28. The first kappa shape index (κ1) is 14.9. The van der Waals surface area contributed by atoms with E-state index < -0.39 is 23.6 Å². The Hall–Kier alpha value is -0.140. The molecule has 0 amide bonds. The zero-order chi connectivity index (χ0) is 11.9. The fourth-order valence-corrected chi connectivity index (χ4v) is 1.96. The normalized spacial score (nSPS) is 16.3. The van der Waals surface area contributed by atoms with Gasteiger partial charge in [0.15, 0.2) is 0 Å². The molecule has 7 heteroatoms. The summed E-state index contributed by atoms with van der Waals surface area (Å²) in [6, 6.07) is -0.159. The van der Waals surface area contributed by atoms with Gasteiger partial charge in [-0.1, -0.05) is 6.92 Å². The van der Waals surface area contributed by atoms with Crippen LogP contribution in [0.25, 0.3) is 0 Å². The van der Waals surface area contributed by atoms with Crippen molar-refractivity contribution in [3.63, 3.8) is 0 Å². The summed E-state index contributed by atoms with van der Waals surface area (Å²) < 4.78 is 50.4. The molecule has 0 aromatic rings. The van der Waals surface area contributed by atoms with E-state index in [4.69, 9.17) is 5.73 Å². The molecule has 0 rings (SSSR count). The quantitative estimate of drug-likeness (QED) is 0.684. The van der Waals surface area contributed by atoms with Gasteiger partial charge in [-0.05, 0) is 6.42 Å². The Morgan fingerprint density at radius 3 is 2.53 bits per heavy atom. The Kier molecular flexibility index (Phi) is 7.12. The van der Waals surface area contributed by atoms with Crippen LogP contribution in [0.15, 0.2) is 0 Å². The van der Waals surface area contributed by atoms with Crippen molar-refractivity contribution >= 4 is 10.8 Å². The molecule has 2 unspecified atom stereocenters. The Morgan fingerprint density at radius 1 is 1.47 bits per heavy atom. The third-order valence-corrected chi connectivity index (χ3v) is 3.07. The lowest BCUT2D eigenvalue weighted by atomic mass is 10.3. The first-order valence-electron chi connectivity index (χ1n) is 4.60. The number of halogens is 3. The van der Waals surface area contributed by atoms with E-state index in [2.05, 4.69) is 4.74 Å². The minimum atomic E-state index is -4.32. The summed E-state index contributed by atoms with van der Waals surface area (Å²) in [7, 11) is -1.20. The van der Waals surface area contributed by atoms with Crippen LogP contribution in [0.4, 0.5) is 13.2 Å². The summed E-state index contributed by atoms with van der Waals surface area (Å²) >= 11 is 0. The van der Waals surface area contributed by atoms with Crippen LogP contribution in [-0.2, 0) is 15.5 Å². The number of rotatable bonds is 7. The summed E-state index contributed by atoms with van der Waals surface area (Å²) in [5.41, 5.74) is 5.53. The van der Waals surface area contributed by atoms with E-state index in [1.807, 2.05) is 6.92 Å². The first-order valence-corrected chi connectivity index (χ1v) is 6.09. The lowest BCUT2D eigenvalue weighted by molar-refractivity contribution is -0.172. The van der Waals surface area contributed by atoms with Gasteiger partial charge in [0.25, 0.3) is 0 Å². The maximum Gasteiger partial charge on any atom is 0.411 e. The molecular formula is C8H16F3NO2S. The predicted octanol–water partition coefficient (Wildman–Crippen LogP) is 1.05. The van der Waals surface area contributed by atoms with Crippen LogP contribution in [0, 0.1) is 0 Å². The third kappa shape index (κ3) is 10.1. The second-order valence-electron chi connectivity index (χ2n) is 3.15. The zero-order valence-electron chi connectivity index (χ0n) is 8.55. The molecule has 0 radical (unpaired) electrons. The van der Waals surface area contributed by atoms with Gasteiger partial charge in [-0.3, -0.25) is 4.21 Å². The highest BCUT2D eigenvalue weighted by Gasteiger charge is 2.27. The predicted molar refractivity (Wildman–Crippen MR) is 53.0 cm³/mol. The van der Waals surface area contributed by atoms with Crippen molar-refractivity contribution in [2.24, 2.45) is 5.73 Å². The maximum absolute atomic E-state index is 11.6. The topological polar surface area (TPSA) is 52.3 Å². The summed E-state index contributed by atoms with van der Waals surface area (Å²) in [5.74, 6) is 0.412. The molecule has 0 aliphatic carbocycles. The SMILES string of the molecule is CCC(N)CS(=O)CCOCC(F)(F)F. The van der Waals surface area contributed by atoms with Crippen LogP contribution in [0.5, 0.6) is 0 Å². The smallest absolute Gasteiger partial charge is 0.371 e. The number of hydrogen-bond donors (Lipinski definition) is 1. The van der Waals surface area contributed by atoms with Gasteiger partial charge in [0, 0.05) is 28.3 Å². The molecule has 92 valence electrons. The standard InChI is InChI=1S/C8H16F3NO2S/c1-2-7(12)5-15(13)4-3-14-6-8(9,10)11/h7H,2-6,12H2,1H3. The Labute approximate surface area is 89.6 Å². The lowest BCUT2D eigenvalue weighted by Gasteiger charge is -2.09. The van der Waals surface area contributed by atoms with Gasteiger partial charge in [0.1, 0.15) is 6.61 Å². The average Bonchev–Trinajstić information content (AvgIpc) is 2.11. The van der Waals surface area contributed by atoms with Crippen LogP contribution < -0.4 is 5.73 Å². The zero-order valence-corrected chi connectivity index (χ0v) is 9.37. The molecule has 0 fully saturated rings. The minimum Gasteiger partial charge on any atom is -0.371 e. The molecule has 0 heterocycles. The molecule has 0 aromatic carbocycles. The Balaban J connectivity index is 3.48. The number of nitrogens with two attached hydrogens (primary N) is 1. The number of alkyl halides is 3. The Morgan fingerprint density at radius 2 is 2.07 bits per heavy atom. The van der Waals surface area contributed by atoms with E-state index in [1.54, 1.807) is 0 Å². The van der Waals surface area contributed by atoms with Crippen LogP contribution >= 0.6 is 0 Å². The van der Waals surface area contributed by atoms with Crippen molar-refractivity contribution in [2.45, 2.75) is 25.6 Å². The molecule has 0 aliphatic rings. The summed E-state index contributed by atoms with van der Waals surface area (Å²) in [6.07, 6.45) is -3.61. The van der Waals surface area contributed by atoms with Gasteiger partial charge in [-0.15, -0.1) is 0 Å². The summed E-state index contributed by atoms with van der Waals surface area (Å²) in [5, 5.41) is 0. The minimum absolute atomic E-state index is 0.101. The molecule has 0 saturated heterocycles. The van der Waals surface area contributed by atoms with Crippen LogP contribution in [0.1, 0.15) is 13.3 Å². The Bertz CT molecular complexity index is 199. The molecular weight excluding hydrogens is 231 g/mol. The second kappa shape index (κ2) is 7.19. The van der Waals surface area contributed by atoms with E-state index >= 15 is 0 Å². The third-order valence-electron chi connectivity index (χ3n) is 1.65. The fourth-order valence-electron chi connectivity index (χ4n) is 0.780. The highest BCUT2D eigenvalue weighted by Crippen LogP contribution is 2.14. The van der Waals surface area contributed by atoms with Crippen molar-refractivity contribution in [2.75, 3.05) is 24.7 Å². The summed E-state index contributed by atoms with van der Waals surface area (Å²) in [4.78, 5) is 0. The van der Waals surface area contributed by atoms with Crippen molar-refractivity contribution < 1.29 is 22.1 Å². The monoisotopic (exact) mass is 247 g/mol. The molecule has 0 saturated carbocycles. The van der Waals surface area contributed by atoms with E-state index in [-0.39, 0.29) is 18.4 Å². The van der Waals surface area contributed by atoms with Gasteiger partial charge in [-0.2, -0.15) is 13.2 Å². The van der Waals surface area contributed by atoms with Crippen molar-refractivity contribution in [1.29, 1.82) is 0 Å². The number of ether oxygens (including phenoxy) is 1. The van der Waals surface area contributed by atoms with Crippen LogP contribution in [-0.4, -0.2) is 41.1 Å². The fraction of sp³-hybridized carbons (Fsp3) is 1.00. The highest BCUT2D eigenvalue weighted by atomic mass is 32.2. The molecule has 0 aliphatic heterocycles. The molecule has 0 bridgehead atoms. The van der Waals surface area contributed by atoms with Gasteiger partial charge in [0.2, 0.25) is 0 Å². The largest absolute Gasteiger partial charge is 0.411 e. The molecule has 3 nitrogen and oxygen atoms in total. The number of hydrogen-bond acceptors (Lipinski definition) is 3. The molecule has 2 atom stereocenters.